The molecule has 0 aromatic heterocycles. The van der Waals surface area contributed by atoms with E-state index in [0.29, 0.717) is 5.69 Å². The van der Waals surface area contributed by atoms with Crippen molar-refractivity contribution in [3.8, 4) is 0 Å². The van der Waals surface area contributed by atoms with Crippen LogP contribution in [0.15, 0.2) is 18.2 Å². The number of aromatic carboxylic acids is 1. The summed E-state index contributed by atoms with van der Waals surface area (Å²) in [6, 6.07) is 4.42. The van der Waals surface area contributed by atoms with Crippen molar-refractivity contribution in [2.45, 2.75) is 45.2 Å². The fourth-order valence-corrected chi connectivity index (χ4v) is 2.70. The SMILES string of the molecule is CC1CCCC(C)N1Nc1ccc([N+](=O)[O-])cc1C(=O)O. The number of anilines is 1. The molecule has 114 valence electrons. The minimum atomic E-state index is -1.18. The number of hydrogen-bond donors (Lipinski definition) is 2. The van der Waals surface area contributed by atoms with Gasteiger partial charge in [-0.15, -0.1) is 0 Å². The molecule has 0 bridgehead atoms. The van der Waals surface area contributed by atoms with Crippen LogP contribution in [-0.2, 0) is 0 Å². The Balaban J connectivity index is 2.30. The molecule has 1 saturated heterocycles. The summed E-state index contributed by atoms with van der Waals surface area (Å²) in [5.74, 6) is -1.18. The Labute approximate surface area is 122 Å². The highest BCUT2D eigenvalue weighted by Crippen LogP contribution is 2.27. The molecule has 7 nitrogen and oxygen atoms in total. The summed E-state index contributed by atoms with van der Waals surface area (Å²) in [4.78, 5) is 21.5. The van der Waals surface area contributed by atoms with Crippen molar-refractivity contribution in [2.24, 2.45) is 0 Å². The predicted octanol–water partition coefficient (Wildman–Crippen LogP) is 2.88. The van der Waals surface area contributed by atoms with Gasteiger partial charge in [0.05, 0.1) is 16.2 Å². The van der Waals surface area contributed by atoms with Gasteiger partial charge in [-0.25, -0.2) is 9.80 Å². The minimum Gasteiger partial charge on any atom is -0.478 e. The van der Waals surface area contributed by atoms with E-state index in [1.165, 1.54) is 12.1 Å². The van der Waals surface area contributed by atoms with Crippen LogP contribution >= 0.6 is 0 Å². The molecule has 1 aromatic carbocycles. The number of piperidine rings is 1. The van der Waals surface area contributed by atoms with Gasteiger partial charge in [0.15, 0.2) is 0 Å². The van der Waals surface area contributed by atoms with Crippen molar-refractivity contribution in [1.29, 1.82) is 0 Å². The molecule has 2 unspecified atom stereocenters. The Morgan fingerprint density at radius 2 is 2.00 bits per heavy atom. The number of carbonyl (C=O) groups is 1. The second-order valence-electron chi connectivity index (χ2n) is 5.44. The molecule has 1 fully saturated rings. The van der Waals surface area contributed by atoms with Gasteiger partial charge in [0, 0.05) is 24.2 Å². The summed E-state index contributed by atoms with van der Waals surface area (Å²) in [5.41, 5.74) is 3.20. The van der Waals surface area contributed by atoms with Crippen LogP contribution in [0.3, 0.4) is 0 Å². The molecule has 21 heavy (non-hydrogen) atoms. The number of nitro benzene ring substituents is 1. The van der Waals surface area contributed by atoms with Crippen LogP contribution in [0.25, 0.3) is 0 Å². The summed E-state index contributed by atoms with van der Waals surface area (Å²) in [6.07, 6.45) is 3.21. The average molecular weight is 293 g/mol. The highest BCUT2D eigenvalue weighted by atomic mass is 16.6. The maximum atomic E-state index is 11.3. The van der Waals surface area contributed by atoms with Gasteiger partial charge < -0.3 is 10.5 Å². The smallest absolute Gasteiger partial charge is 0.338 e. The molecule has 2 rings (SSSR count). The number of rotatable bonds is 4. The number of nitrogens with one attached hydrogen (secondary N) is 1. The van der Waals surface area contributed by atoms with Crippen molar-refractivity contribution in [3.05, 3.63) is 33.9 Å². The number of benzene rings is 1. The lowest BCUT2D eigenvalue weighted by Crippen LogP contribution is -2.47. The average Bonchev–Trinajstić information content (AvgIpc) is 2.42. The normalized spacial score (nSPS) is 22.8. The highest BCUT2D eigenvalue weighted by Gasteiger charge is 2.26. The van der Waals surface area contributed by atoms with Crippen LogP contribution in [0.5, 0.6) is 0 Å². The molecule has 0 amide bonds. The van der Waals surface area contributed by atoms with E-state index in [-0.39, 0.29) is 23.3 Å². The zero-order chi connectivity index (χ0) is 15.6. The van der Waals surface area contributed by atoms with E-state index in [2.05, 4.69) is 19.3 Å². The first-order chi connectivity index (χ1) is 9.90. The second-order valence-corrected chi connectivity index (χ2v) is 5.44. The third-order valence-electron chi connectivity index (χ3n) is 3.89. The van der Waals surface area contributed by atoms with Crippen LogP contribution in [0.4, 0.5) is 11.4 Å². The topological polar surface area (TPSA) is 95.7 Å². The lowest BCUT2D eigenvalue weighted by Gasteiger charge is -2.39. The van der Waals surface area contributed by atoms with Crippen molar-refractivity contribution < 1.29 is 14.8 Å². The maximum Gasteiger partial charge on any atom is 0.338 e. The first-order valence-electron chi connectivity index (χ1n) is 6.97. The Morgan fingerprint density at radius 1 is 1.38 bits per heavy atom. The number of carboxylic acids is 1. The number of nitrogens with zero attached hydrogens (tertiary/aromatic N) is 2. The molecule has 1 heterocycles. The predicted molar refractivity (Wildman–Crippen MR) is 78.3 cm³/mol. The molecule has 0 saturated carbocycles. The zero-order valence-corrected chi connectivity index (χ0v) is 12.1. The fraction of sp³-hybridized carbons (Fsp3) is 0.500. The summed E-state index contributed by atoms with van der Waals surface area (Å²) in [5, 5.41) is 22.0. The van der Waals surface area contributed by atoms with Crippen molar-refractivity contribution >= 4 is 17.3 Å². The van der Waals surface area contributed by atoms with E-state index in [9.17, 15) is 20.0 Å². The molecule has 1 aliphatic rings. The first-order valence-corrected chi connectivity index (χ1v) is 6.97. The standard InChI is InChI=1S/C14H19N3O4/c1-9-4-3-5-10(2)16(9)15-13-7-6-11(17(20)21)8-12(13)14(18)19/h6-10,15H,3-5H2,1-2H3,(H,18,19). The molecule has 0 aliphatic carbocycles. The molecular formula is C14H19N3O4. The molecular weight excluding hydrogens is 274 g/mol. The van der Waals surface area contributed by atoms with Crippen molar-refractivity contribution in [1.82, 2.24) is 5.01 Å². The van der Waals surface area contributed by atoms with Gasteiger partial charge in [0.1, 0.15) is 0 Å². The third-order valence-corrected chi connectivity index (χ3v) is 3.89. The number of hydrazine groups is 1. The highest BCUT2D eigenvalue weighted by molar-refractivity contribution is 5.95. The lowest BCUT2D eigenvalue weighted by atomic mass is 10.00. The molecule has 0 radical (unpaired) electrons. The van der Waals surface area contributed by atoms with Gasteiger partial charge in [-0.3, -0.25) is 10.1 Å². The number of hydrogen-bond acceptors (Lipinski definition) is 5. The molecule has 1 aliphatic heterocycles. The van der Waals surface area contributed by atoms with E-state index in [1.807, 2.05) is 5.01 Å². The van der Waals surface area contributed by atoms with Gasteiger partial charge in [-0.1, -0.05) is 6.42 Å². The lowest BCUT2D eigenvalue weighted by molar-refractivity contribution is -0.384. The molecule has 1 aromatic rings. The first kappa shape index (κ1) is 15.2. The Kier molecular flexibility index (Phi) is 4.42. The maximum absolute atomic E-state index is 11.3. The second kappa shape index (κ2) is 6.09. The van der Waals surface area contributed by atoms with E-state index >= 15 is 0 Å². The monoisotopic (exact) mass is 293 g/mol. The van der Waals surface area contributed by atoms with Gasteiger partial charge in [0.2, 0.25) is 0 Å². The zero-order valence-electron chi connectivity index (χ0n) is 12.1. The Morgan fingerprint density at radius 3 is 2.52 bits per heavy atom. The van der Waals surface area contributed by atoms with E-state index < -0.39 is 10.9 Å². The number of carboxylic acid groups (broad SMARTS) is 1. The number of non-ortho nitro benzene ring substituents is 1. The molecule has 2 atom stereocenters. The van der Waals surface area contributed by atoms with Gasteiger partial charge in [0.25, 0.3) is 5.69 Å². The largest absolute Gasteiger partial charge is 0.478 e. The summed E-state index contributed by atoms with van der Waals surface area (Å²) in [6.45, 7) is 4.16. The Hall–Kier alpha value is -2.15. The van der Waals surface area contributed by atoms with Crippen molar-refractivity contribution in [2.75, 3.05) is 5.43 Å². The summed E-state index contributed by atoms with van der Waals surface area (Å²) >= 11 is 0. The van der Waals surface area contributed by atoms with Gasteiger partial charge in [-0.2, -0.15) is 0 Å². The Bertz CT molecular complexity index is 551. The van der Waals surface area contributed by atoms with E-state index in [1.54, 1.807) is 0 Å². The van der Waals surface area contributed by atoms with E-state index in [4.69, 9.17) is 0 Å². The van der Waals surface area contributed by atoms with Crippen LogP contribution in [0.1, 0.15) is 43.5 Å². The van der Waals surface area contributed by atoms with Crippen molar-refractivity contribution in [3.63, 3.8) is 0 Å². The minimum absolute atomic E-state index is 0.0887. The van der Waals surface area contributed by atoms with Gasteiger partial charge >= 0.3 is 5.97 Å². The van der Waals surface area contributed by atoms with Crippen LogP contribution in [0.2, 0.25) is 0 Å². The van der Waals surface area contributed by atoms with E-state index in [0.717, 1.165) is 25.3 Å². The van der Waals surface area contributed by atoms with Gasteiger partial charge in [-0.05, 0) is 32.8 Å². The van der Waals surface area contributed by atoms with Crippen LogP contribution < -0.4 is 5.43 Å². The van der Waals surface area contributed by atoms with Crippen LogP contribution in [-0.4, -0.2) is 33.1 Å². The number of nitro groups is 1. The molecule has 0 spiro atoms. The molecule has 2 N–H and O–H groups in total. The molecule has 7 heteroatoms. The third kappa shape index (κ3) is 3.30. The fourth-order valence-electron chi connectivity index (χ4n) is 2.70. The summed E-state index contributed by atoms with van der Waals surface area (Å²) in [7, 11) is 0. The summed E-state index contributed by atoms with van der Waals surface area (Å²) < 4.78 is 0. The van der Waals surface area contributed by atoms with Crippen LogP contribution in [0, 0.1) is 10.1 Å². The quantitative estimate of drug-likeness (QED) is 0.654.